The Bertz CT molecular complexity index is 610. The van der Waals surface area contributed by atoms with E-state index in [9.17, 15) is 0 Å². The zero-order valence-electron chi connectivity index (χ0n) is 15.4. The molecule has 0 spiro atoms. The van der Waals surface area contributed by atoms with Gasteiger partial charge in [0.25, 0.3) is 0 Å². The van der Waals surface area contributed by atoms with Crippen LogP contribution < -0.4 is 5.32 Å². The highest BCUT2D eigenvalue weighted by Crippen LogP contribution is 2.27. The average molecular weight is 337 g/mol. The van der Waals surface area contributed by atoms with Crippen LogP contribution in [0, 0.1) is 0 Å². The van der Waals surface area contributed by atoms with Crippen molar-refractivity contribution in [2.24, 2.45) is 0 Å². The number of nitrogens with zero attached hydrogens (tertiary/aromatic N) is 1. The average Bonchev–Trinajstić information content (AvgIpc) is 2.68. The molecule has 2 aliphatic rings. The van der Waals surface area contributed by atoms with E-state index < -0.39 is 0 Å². The maximum Gasteiger partial charge on any atom is 0.0362 e. The second-order valence-corrected chi connectivity index (χ2v) is 7.33. The van der Waals surface area contributed by atoms with Crippen LogP contribution in [0.1, 0.15) is 43.2 Å². The minimum Gasteiger partial charge on any atom is -0.368 e. The summed E-state index contributed by atoms with van der Waals surface area (Å²) >= 11 is 0. The lowest BCUT2D eigenvalue weighted by Gasteiger charge is -2.39. The highest BCUT2D eigenvalue weighted by molar-refractivity contribution is 5.31. The summed E-state index contributed by atoms with van der Waals surface area (Å²) in [6.45, 7) is 10.2. The van der Waals surface area contributed by atoms with Gasteiger partial charge in [0.2, 0.25) is 0 Å². The van der Waals surface area contributed by atoms with Crippen molar-refractivity contribution in [3.63, 3.8) is 0 Å². The molecule has 2 nitrogen and oxygen atoms in total. The molecule has 0 radical (unpaired) electrons. The zero-order valence-corrected chi connectivity index (χ0v) is 15.4. The predicted octanol–water partition coefficient (Wildman–Crippen LogP) is 4.63. The molecule has 1 aromatic carbocycles. The Balaban J connectivity index is 1.73. The first-order valence-corrected chi connectivity index (χ1v) is 9.83. The fourth-order valence-corrected chi connectivity index (χ4v) is 4.33. The summed E-state index contributed by atoms with van der Waals surface area (Å²) in [6, 6.07) is 10.2. The zero-order chi connectivity index (χ0) is 17.5. The fourth-order valence-electron chi connectivity index (χ4n) is 4.33. The van der Waals surface area contributed by atoms with E-state index >= 15 is 0 Å². The van der Waals surface area contributed by atoms with Crippen molar-refractivity contribution < 1.29 is 0 Å². The lowest BCUT2D eigenvalue weighted by atomic mass is 9.87. The highest BCUT2D eigenvalue weighted by Gasteiger charge is 2.25. The summed E-state index contributed by atoms with van der Waals surface area (Å²) in [7, 11) is 0. The second-order valence-electron chi connectivity index (χ2n) is 7.33. The Morgan fingerprint density at radius 1 is 1.16 bits per heavy atom. The minimum atomic E-state index is 0.558. The molecule has 3 rings (SSSR count). The van der Waals surface area contributed by atoms with Crippen LogP contribution in [0.3, 0.4) is 0 Å². The number of rotatable bonds is 7. The first kappa shape index (κ1) is 18.0. The molecule has 0 bridgehead atoms. The number of nitrogens with one attached hydrogen (secondary N) is 1. The van der Waals surface area contributed by atoms with Crippen molar-refractivity contribution in [1.29, 1.82) is 0 Å². The lowest BCUT2D eigenvalue weighted by Crippen LogP contribution is -2.42. The third-order valence-electron chi connectivity index (χ3n) is 5.72. The van der Waals surface area contributed by atoms with Crippen LogP contribution >= 0.6 is 0 Å². The number of hydrogen-bond acceptors (Lipinski definition) is 2. The van der Waals surface area contributed by atoms with Crippen molar-refractivity contribution in [1.82, 2.24) is 10.2 Å². The van der Waals surface area contributed by atoms with E-state index in [-0.39, 0.29) is 0 Å². The molecule has 0 aromatic heterocycles. The molecule has 2 atom stereocenters. The number of hydrogen-bond donors (Lipinski definition) is 1. The minimum absolute atomic E-state index is 0.558. The van der Waals surface area contributed by atoms with E-state index in [1.54, 1.807) is 0 Å². The van der Waals surface area contributed by atoms with Crippen LogP contribution in [0.4, 0.5) is 0 Å². The van der Waals surface area contributed by atoms with Gasteiger partial charge in [-0.3, -0.25) is 0 Å². The molecule has 0 saturated carbocycles. The summed E-state index contributed by atoms with van der Waals surface area (Å²) < 4.78 is 0. The largest absolute Gasteiger partial charge is 0.368 e. The second kappa shape index (κ2) is 9.05. The SMILES string of the molecule is C=C/C=C(\C=C)N(CCC1CCCCN1)C1CCc2ccccc2C1. The lowest BCUT2D eigenvalue weighted by molar-refractivity contribution is 0.219. The van der Waals surface area contributed by atoms with Crippen molar-refractivity contribution in [3.05, 3.63) is 72.5 Å². The van der Waals surface area contributed by atoms with Gasteiger partial charge in [0.1, 0.15) is 0 Å². The van der Waals surface area contributed by atoms with Gasteiger partial charge in [0.05, 0.1) is 0 Å². The van der Waals surface area contributed by atoms with Crippen LogP contribution in [0.25, 0.3) is 0 Å². The quantitative estimate of drug-likeness (QED) is 0.730. The van der Waals surface area contributed by atoms with E-state index in [0.717, 1.165) is 13.0 Å². The first-order chi connectivity index (χ1) is 12.3. The van der Waals surface area contributed by atoms with Gasteiger partial charge in [-0.25, -0.2) is 0 Å². The molecule has 25 heavy (non-hydrogen) atoms. The third-order valence-corrected chi connectivity index (χ3v) is 5.72. The summed E-state index contributed by atoms with van der Waals surface area (Å²) in [4.78, 5) is 2.58. The molecule has 1 aromatic rings. The van der Waals surface area contributed by atoms with Crippen LogP contribution in [0.5, 0.6) is 0 Å². The van der Waals surface area contributed by atoms with Crippen LogP contribution in [0.2, 0.25) is 0 Å². The van der Waals surface area contributed by atoms with E-state index in [4.69, 9.17) is 0 Å². The molecule has 2 unspecified atom stereocenters. The molecule has 1 saturated heterocycles. The van der Waals surface area contributed by atoms with Gasteiger partial charge in [-0.2, -0.15) is 0 Å². The van der Waals surface area contributed by atoms with Gasteiger partial charge in [-0.15, -0.1) is 0 Å². The standard InChI is InChI=1S/C23H32N2/c1-3-9-22(4-2)25(17-15-21-12-7-8-16-24-21)23-14-13-19-10-5-6-11-20(19)18-23/h3-6,9-11,21,23-24H,1-2,7-8,12-18H2/b22-9+. The third kappa shape index (κ3) is 4.64. The molecule has 1 heterocycles. The smallest absolute Gasteiger partial charge is 0.0362 e. The van der Waals surface area contributed by atoms with Gasteiger partial charge in [0.15, 0.2) is 0 Å². The van der Waals surface area contributed by atoms with Crippen molar-refractivity contribution >= 4 is 0 Å². The van der Waals surface area contributed by atoms with Gasteiger partial charge >= 0.3 is 0 Å². The Morgan fingerprint density at radius 3 is 2.72 bits per heavy atom. The molecule has 1 fully saturated rings. The number of aryl methyl sites for hydroxylation is 1. The summed E-state index contributed by atoms with van der Waals surface area (Å²) in [6.07, 6.45) is 14.7. The normalized spacial score (nSPS) is 23.6. The van der Waals surface area contributed by atoms with Crippen LogP contribution in [0.15, 0.2) is 61.3 Å². The summed E-state index contributed by atoms with van der Waals surface area (Å²) in [5.41, 5.74) is 4.26. The number of benzene rings is 1. The maximum absolute atomic E-state index is 4.06. The monoisotopic (exact) mass is 336 g/mol. The molecular formula is C23H32N2. The Kier molecular flexibility index (Phi) is 6.52. The van der Waals surface area contributed by atoms with E-state index in [2.05, 4.69) is 53.7 Å². The number of allylic oxidation sites excluding steroid dienone is 3. The molecular weight excluding hydrogens is 304 g/mol. The topological polar surface area (TPSA) is 15.3 Å². The Labute approximate surface area is 153 Å². The molecule has 1 N–H and O–H groups in total. The maximum atomic E-state index is 4.06. The van der Waals surface area contributed by atoms with Gasteiger partial charge in [-0.05, 0) is 68.3 Å². The molecule has 1 aliphatic carbocycles. The highest BCUT2D eigenvalue weighted by atomic mass is 15.2. The molecule has 0 amide bonds. The fraction of sp³-hybridized carbons (Fsp3) is 0.478. The van der Waals surface area contributed by atoms with E-state index in [0.29, 0.717) is 12.1 Å². The van der Waals surface area contributed by atoms with Crippen molar-refractivity contribution in [2.45, 2.75) is 57.0 Å². The van der Waals surface area contributed by atoms with E-state index in [1.165, 1.54) is 61.9 Å². The molecule has 134 valence electrons. The predicted molar refractivity (Wildman–Crippen MR) is 108 cm³/mol. The van der Waals surface area contributed by atoms with Crippen molar-refractivity contribution in [2.75, 3.05) is 13.1 Å². The van der Waals surface area contributed by atoms with E-state index in [1.807, 2.05) is 12.2 Å². The number of fused-ring (bicyclic) bond motifs is 1. The number of piperidine rings is 1. The van der Waals surface area contributed by atoms with Gasteiger partial charge in [-0.1, -0.05) is 49.9 Å². The Hall–Kier alpha value is -1.80. The van der Waals surface area contributed by atoms with Crippen LogP contribution in [-0.2, 0) is 12.8 Å². The van der Waals surface area contributed by atoms with Crippen molar-refractivity contribution in [3.8, 4) is 0 Å². The van der Waals surface area contributed by atoms with Crippen LogP contribution in [-0.4, -0.2) is 30.1 Å². The molecule has 1 aliphatic heterocycles. The summed E-state index contributed by atoms with van der Waals surface area (Å²) in [5, 5.41) is 3.69. The summed E-state index contributed by atoms with van der Waals surface area (Å²) in [5.74, 6) is 0. The van der Waals surface area contributed by atoms with Gasteiger partial charge in [0, 0.05) is 24.3 Å². The first-order valence-electron chi connectivity index (χ1n) is 9.83. The molecule has 2 heteroatoms. The van der Waals surface area contributed by atoms with Gasteiger partial charge < -0.3 is 10.2 Å². The Morgan fingerprint density at radius 2 is 2.00 bits per heavy atom.